The Morgan fingerprint density at radius 3 is 2.10 bits per heavy atom. The minimum atomic E-state index is -2.53. The SMILES string of the molecule is CC(O)C1NC(=O)C(NC(=O)c2ccc(-c3nnc(-c4ccc(N5CCC(c6ccccc6)CC5)nc4)s3)cc2)CC(O)CNC(=O)C2C(O)C(C)CN2C(=O)C(C(O)CC(N)=O)NC(=O)C(C(O)C(O)c2ccc(O)c(OSOOO)c2)NC(=O)C2CC(O)CN2C1=O. The minimum Gasteiger partial charge on any atom is -0.504 e. The van der Waals surface area contributed by atoms with Crippen LogP contribution in [0, 0.1) is 5.92 Å². The Hall–Kier alpha value is -8.52. The molecular formula is C60H72N12O20S2. The number of rotatable bonds is 17. The number of carbonyl (C=O) groups is 8. The second kappa shape index (κ2) is 31.1. The molecule has 9 rings (SSSR count). The number of amides is 8. The van der Waals surface area contributed by atoms with Gasteiger partial charge in [0.25, 0.3) is 18.2 Å². The number of phenols is 1. The largest absolute Gasteiger partial charge is 0.504 e. The first kappa shape index (κ1) is 69.8. The fraction of sp³-hybridized carbons (Fsp3) is 0.450. The first-order chi connectivity index (χ1) is 44.9. The highest BCUT2D eigenvalue weighted by Gasteiger charge is 2.50. The molecule has 14 atom stereocenters. The van der Waals surface area contributed by atoms with Gasteiger partial charge in [0.2, 0.25) is 41.4 Å². The van der Waals surface area contributed by atoms with E-state index in [4.69, 9.17) is 20.2 Å². The van der Waals surface area contributed by atoms with E-state index in [1.54, 1.807) is 18.3 Å². The van der Waals surface area contributed by atoms with Crippen molar-refractivity contribution in [3.8, 4) is 32.6 Å². The second-order valence-electron chi connectivity index (χ2n) is 23.4. The Kier molecular flexibility index (Phi) is 23.1. The van der Waals surface area contributed by atoms with Gasteiger partial charge in [0, 0.05) is 74.4 Å². The molecule has 0 aliphatic carbocycles. The molecule has 0 saturated carbocycles. The van der Waals surface area contributed by atoms with E-state index in [9.17, 15) is 79.2 Å². The van der Waals surface area contributed by atoms with Crippen LogP contribution >= 0.6 is 23.7 Å². The maximum Gasteiger partial charge on any atom is 0.261 e. The summed E-state index contributed by atoms with van der Waals surface area (Å²) < 4.78 is 9.21. The quantitative estimate of drug-likeness (QED) is 0.0208. The molecule has 14 unspecified atom stereocenters. The van der Waals surface area contributed by atoms with Crippen molar-refractivity contribution in [3.63, 3.8) is 0 Å². The standard InChI is InChI=1S/C60H72N12O20S2/c1-28-26-72-48(49(28)79)56(86)63-25-36(74)21-38(64-52(82)32-8-10-33(11-9-32)57-68-69-58(93-57)35-13-15-44(62-24-35)70-18-16-31(17-19-70)30-6-4-3-5-7-30)53(83)65-45(29(2)73)59(87)71-27-37(75)22-39(71)54(84)67-47(55(85)66-46(60(72)88)41(77)23-43(61)78)51(81)50(80)34-12-14-40(76)42(20-34)90-94-92-91-89/h3-15,20,24,28-29,31,36-39,41,45-51,73-77,79-81,89H,16-19,21-23,25-27H2,1-2H3,(H2,61,78)(H,63,86)(H,64,82)(H,65,83)(H,66,85)(H,67,84). The van der Waals surface area contributed by atoms with Gasteiger partial charge in [-0.3, -0.25) is 38.4 Å². The Balaban J connectivity index is 0.973. The van der Waals surface area contributed by atoms with Crippen molar-refractivity contribution in [1.82, 2.24) is 51.6 Å². The summed E-state index contributed by atoms with van der Waals surface area (Å²) in [5.41, 5.74) is 7.66. The summed E-state index contributed by atoms with van der Waals surface area (Å²) in [6.45, 7) is 2.40. The zero-order valence-corrected chi connectivity index (χ0v) is 52.1. The predicted octanol–water partition coefficient (Wildman–Crippen LogP) is -1.97. The monoisotopic (exact) mass is 1340 g/mol. The summed E-state index contributed by atoms with van der Waals surface area (Å²) >= 11 is 1.25. The molecule has 2 aromatic heterocycles. The van der Waals surface area contributed by atoms with Crippen LogP contribution in [-0.2, 0) is 42.9 Å². The first-order valence-electron chi connectivity index (χ1n) is 29.9. The Morgan fingerprint density at radius 2 is 1.44 bits per heavy atom. The van der Waals surface area contributed by atoms with E-state index in [-0.39, 0.29) is 23.5 Å². The summed E-state index contributed by atoms with van der Waals surface area (Å²) in [5, 5.41) is 124. The number of nitrogens with zero attached hydrogens (tertiary/aromatic N) is 6. The number of aliphatic hydroxyl groups is 7. The molecule has 3 aromatic carbocycles. The van der Waals surface area contributed by atoms with Gasteiger partial charge in [0.15, 0.2) is 11.5 Å². The van der Waals surface area contributed by atoms with E-state index < -0.39 is 183 Å². The Bertz CT molecular complexity index is 3520. The van der Waals surface area contributed by atoms with Gasteiger partial charge in [0.05, 0.1) is 36.9 Å². The fourth-order valence-corrected chi connectivity index (χ4v) is 12.9. The number of hydrogen-bond donors (Lipinski definition) is 15. The third-order valence-corrected chi connectivity index (χ3v) is 18.2. The molecule has 0 bridgehead atoms. The van der Waals surface area contributed by atoms with Crippen molar-refractivity contribution in [3.05, 3.63) is 108 Å². The number of hydrogen-bond acceptors (Lipinski definition) is 26. The second-order valence-corrected chi connectivity index (χ2v) is 24.8. The van der Waals surface area contributed by atoms with E-state index in [0.29, 0.717) is 21.5 Å². The van der Waals surface area contributed by atoms with E-state index in [1.807, 2.05) is 18.2 Å². The maximum atomic E-state index is 14.7. The van der Waals surface area contributed by atoms with Crippen molar-refractivity contribution < 1.29 is 98.0 Å². The topological polar surface area (TPSA) is 481 Å². The number of carbonyl (C=O) groups excluding carboxylic acids is 8. The van der Waals surface area contributed by atoms with Crippen LogP contribution in [0.3, 0.4) is 0 Å². The molecule has 4 saturated heterocycles. The van der Waals surface area contributed by atoms with Gasteiger partial charge in [-0.15, -0.1) is 10.2 Å². The van der Waals surface area contributed by atoms with Gasteiger partial charge < -0.3 is 92.1 Å². The van der Waals surface area contributed by atoms with Crippen LogP contribution < -0.4 is 41.4 Å². The van der Waals surface area contributed by atoms with Crippen molar-refractivity contribution in [1.29, 1.82) is 0 Å². The number of aliphatic hydroxyl groups excluding tert-OH is 7. The zero-order valence-electron chi connectivity index (χ0n) is 50.5. The van der Waals surface area contributed by atoms with E-state index >= 15 is 0 Å². The van der Waals surface area contributed by atoms with Crippen LogP contribution in [0.4, 0.5) is 5.82 Å². The summed E-state index contributed by atoms with van der Waals surface area (Å²) in [6.07, 6.45) is -12.4. The summed E-state index contributed by atoms with van der Waals surface area (Å²) in [5.74, 6) is -10.6. The summed E-state index contributed by atoms with van der Waals surface area (Å²) in [4.78, 5) is 122. The number of nitrogens with two attached hydrogens (primary N) is 1. The van der Waals surface area contributed by atoms with Crippen LogP contribution in [0.5, 0.6) is 11.5 Å². The number of pyridine rings is 1. The number of β-amino-alcohol motifs (C(OH)–C–C–N with tert-alkyl or cyclic N) is 1. The van der Waals surface area contributed by atoms with Gasteiger partial charge in [-0.1, -0.05) is 76.2 Å². The molecule has 34 heteroatoms. The van der Waals surface area contributed by atoms with E-state index in [2.05, 4.69) is 75.3 Å². The lowest BCUT2D eigenvalue weighted by Gasteiger charge is -2.34. The van der Waals surface area contributed by atoms with Crippen LogP contribution in [0.2, 0.25) is 0 Å². The number of anilines is 1. The molecule has 0 radical (unpaired) electrons. The molecule has 94 heavy (non-hydrogen) atoms. The van der Waals surface area contributed by atoms with Crippen LogP contribution in [-0.4, -0.2) is 224 Å². The minimum absolute atomic E-state index is 0.0137. The molecule has 32 nitrogen and oxygen atoms in total. The number of nitrogens with one attached hydrogen (secondary N) is 5. The molecule has 4 aliphatic heterocycles. The molecule has 504 valence electrons. The van der Waals surface area contributed by atoms with Gasteiger partial charge >= 0.3 is 0 Å². The Labute approximate surface area is 544 Å². The van der Waals surface area contributed by atoms with E-state index in [0.717, 1.165) is 72.2 Å². The summed E-state index contributed by atoms with van der Waals surface area (Å²) in [6, 6.07) is 11.0. The van der Waals surface area contributed by atoms with Crippen molar-refractivity contribution >= 4 is 76.7 Å². The van der Waals surface area contributed by atoms with Crippen LogP contribution in [0.25, 0.3) is 21.1 Å². The molecule has 4 fully saturated rings. The molecular weight excluding hydrogens is 1270 g/mol. The Morgan fingerprint density at radius 1 is 0.777 bits per heavy atom. The van der Waals surface area contributed by atoms with Crippen molar-refractivity contribution in [2.24, 2.45) is 11.7 Å². The average Bonchev–Trinajstić information content (AvgIpc) is 1.57. The predicted molar refractivity (Wildman–Crippen MR) is 330 cm³/mol. The highest BCUT2D eigenvalue weighted by molar-refractivity contribution is 7.90. The van der Waals surface area contributed by atoms with E-state index in [1.165, 1.54) is 36.0 Å². The fourth-order valence-electron chi connectivity index (χ4n) is 11.8. The lowest BCUT2D eigenvalue weighted by atomic mass is 9.89. The third-order valence-electron chi connectivity index (χ3n) is 16.8. The maximum absolute atomic E-state index is 14.7. The number of phenolic OH excluding ortho intramolecular Hbond substituents is 1. The normalized spacial score (nSPS) is 25.9. The smallest absolute Gasteiger partial charge is 0.261 e. The number of benzene rings is 3. The highest BCUT2D eigenvalue weighted by Crippen LogP contribution is 2.36. The molecule has 6 heterocycles. The average molecular weight is 1350 g/mol. The summed E-state index contributed by atoms with van der Waals surface area (Å²) in [7, 11) is 0. The highest BCUT2D eigenvalue weighted by atomic mass is 32.2. The molecule has 0 spiro atoms. The molecule has 8 amide bonds. The van der Waals surface area contributed by atoms with Gasteiger partial charge in [0.1, 0.15) is 64.3 Å². The number of piperidine rings is 1. The van der Waals surface area contributed by atoms with Crippen LogP contribution in [0.15, 0.2) is 91.1 Å². The molecule has 5 aromatic rings. The van der Waals surface area contributed by atoms with Crippen LogP contribution in [0.1, 0.15) is 79.5 Å². The number of aromatic hydroxyl groups is 1. The first-order valence-corrected chi connectivity index (χ1v) is 31.4. The molecule has 16 N–H and O–H groups in total. The number of primary amides is 1. The number of aromatic nitrogens is 3. The van der Waals surface area contributed by atoms with Gasteiger partial charge in [-0.25, -0.2) is 10.2 Å². The van der Waals surface area contributed by atoms with Crippen molar-refractivity contribution in [2.45, 2.75) is 131 Å². The molecule has 4 aliphatic rings. The van der Waals surface area contributed by atoms with Crippen molar-refractivity contribution in [2.75, 3.05) is 37.6 Å². The number of fused-ring (bicyclic) bond motifs is 2. The van der Waals surface area contributed by atoms with Gasteiger partial charge in [-0.05, 0) is 73.2 Å². The zero-order chi connectivity index (χ0) is 67.7. The lowest BCUT2D eigenvalue weighted by molar-refractivity contribution is -0.433. The lowest BCUT2D eigenvalue weighted by Crippen LogP contribution is -2.64. The van der Waals surface area contributed by atoms with Gasteiger partial charge in [-0.2, -0.15) is 0 Å². The third kappa shape index (κ3) is 16.5.